The van der Waals surface area contributed by atoms with Crippen molar-refractivity contribution < 1.29 is 19.1 Å². The Labute approximate surface area is 182 Å². The highest BCUT2D eigenvalue weighted by atomic mass is 35.5. The average molecular weight is 447 g/mol. The van der Waals surface area contributed by atoms with Gasteiger partial charge in [0.15, 0.2) is 0 Å². The summed E-state index contributed by atoms with van der Waals surface area (Å²) in [6.07, 6.45) is 5.57. The van der Waals surface area contributed by atoms with Crippen LogP contribution in [-0.4, -0.2) is 35.6 Å². The van der Waals surface area contributed by atoms with Crippen molar-refractivity contribution in [3.05, 3.63) is 51.7 Å². The maximum Gasteiger partial charge on any atom is 0.341 e. The fourth-order valence-corrected chi connectivity index (χ4v) is 4.55. The summed E-state index contributed by atoms with van der Waals surface area (Å²) >= 11 is 7.78. The second-order valence-corrected chi connectivity index (χ2v) is 7.69. The van der Waals surface area contributed by atoms with Crippen molar-refractivity contribution in [2.24, 2.45) is 5.10 Å². The topological polar surface area (TPSA) is 110 Å². The van der Waals surface area contributed by atoms with Gasteiger partial charge in [0.2, 0.25) is 5.91 Å². The number of rotatable bonds is 6. The largest absolute Gasteiger partial charge is 0.462 e. The molecular formula is C20H19ClN4O4S. The Balaban J connectivity index is 1.86. The number of nitrogens with one attached hydrogen (secondary N) is 2. The first-order chi connectivity index (χ1) is 14.4. The highest BCUT2D eigenvalue weighted by Gasteiger charge is 2.30. The predicted octanol–water partition coefficient (Wildman–Crippen LogP) is 3.59. The molecule has 0 radical (unpaired) electrons. The number of hydrogen-bond donors (Lipinski definition) is 2. The number of nitrogens with zero attached hydrogens (tertiary/aromatic N) is 2. The van der Waals surface area contributed by atoms with Gasteiger partial charge in [-0.15, -0.1) is 11.3 Å². The molecule has 2 amide bonds. The third kappa shape index (κ3) is 4.74. The van der Waals surface area contributed by atoms with Crippen molar-refractivity contribution in [3.8, 4) is 0 Å². The van der Waals surface area contributed by atoms with Crippen molar-refractivity contribution in [2.75, 3.05) is 11.9 Å². The van der Waals surface area contributed by atoms with E-state index in [0.29, 0.717) is 44.5 Å². The van der Waals surface area contributed by atoms with Crippen molar-refractivity contribution in [2.45, 2.75) is 26.7 Å². The van der Waals surface area contributed by atoms with Crippen LogP contribution in [-0.2, 0) is 16.0 Å². The number of ether oxygens (including phenoxy) is 1. The zero-order valence-corrected chi connectivity index (χ0v) is 17.9. The summed E-state index contributed by atoms with van der Waals surface area (Å²) < 4.78 is 5.15. The maximum absolute atomic E-state index is 12.4. The lowest BCUT2D eigenvalue weighted by atomic mass is 9.95. The van der Waals surface area contributed by atoms with E-state index in [1.807, 2.05) is 0 Å². The van der Waals surface area contributed by atoms with Crippen LogP contribution < -0.4 is 10.7 Å². The molecule has 0 fully saturated rings. The van der Waals surface area contributed by atoms with Crippen LogP contribution in [0.5, 0.6) is 0 Å². The first kappa shape index (κ1) is 21.7. The van der Waals surface area contributed by atoms with Gasteiger partial charge in [-0.05, 0) is 43.0 Å². The van der Waals surface area contributed by atoms with Gasteiger partial charge in [-0.1, -0.05) is 11.6 Å². The molecule has 10 heteroatoms. The van der Waals surface area contributed by atoms with Gasteiger partial charge in [-0.2, -0.15) is 5.10 Å². The molecule has 1 aliphatic rings. The number of fused-ring (bicyclic) bond motifs is 1. The van der Waals surface area contributed by atoms with Crippen LogP contribution >= 0.6 is 22.9 Å². The molecule has 3 rings (SSSR count). The van der Waals surface area contributed by atoms with Crippen LogP contribution in [0.1, 0.15) is 51.4 Å². The van der Waals surface area contributed by atoms with Gasteiger partial charge in [0.25, 0.3) is 5.91 Å². The number of carbonyl (C=O) groups is 3. The number of esters is 1. The molecule has 2 heterocycles. The van der Waals surface area contributed by atoms with Gasteiger partial charge >= 0.3 is 5.97 Å². The molecular weight excluding hydrogens is 428 g/mol. The first-order valence-electron chi connectivity index (χ1n) is 9.15. The Kier molecular flexibility index (Phi) is 6.96. The molecule has 1 aliphatic carbocycles. The maximum atomic E-state index is 12.4. The minimum absolute atomic E-state index is 0.224. The molecule has 0 bridgehead atoms. The molecule has 30 heavy (non-hydrogen) atoms. The number of anilines is 1. The summed E-state index contributed by atoms with van der Waals surface area (Å²) in [5, 5.41) is 7.51. The van der Waals surface area contributed by atoms with Crippen molar-refractivity contribution in [1.82, 2.24) is 10.4 Å². The molecule has 0 saturated carbocycles. The molecule has 0 atom stereocenters. The fraction of sp³-hybridized carbons (Fsp3) is 0.250. The molecule has 8 nitrogen and oxygen atoms in total. The number of halogens is 1. The van der Waals surface area contributed by atoms with Crippen LogP contribution in [0.2, 0.25) is 0 Å². The quantitative estimate of drug-likeness (QED) is 0.400. The fourth-order valence-electron chi connectivity index (χ4n) is 2.92. The molecule has 0 saturated heterocycles. The van der Waals surface area contributed by atoms with E-state index in [1.165, 1.54) is 36.9 Å². The number of hydrazone groups is 1. The van der Waals surface area contributed by atoms with Crippen LogP contribution in [0, 0.1) is 0 Å². The minimum atomic E-state index is -0.495. The number of hydrogen-bond acceptors (Lipinski definition) is 7. The molecule has 0 unspecified atom stereocenters. The Morgan fingerprint density at radius 2 is 2.03 bits per heavy atom. The van der Waals surface area contributed by atoms with Gasteiger partial charge in [-0.25, -0.2) is 10.2 Å². The monoisotopic (exact) mass is 446 g/mol. The van der Waals surface area contributed by atoms with E-state index in [4.69, 9.17) is 16.3 Å². The summed E-state index contributed by atoms with van der Waals surface area (Å²) in [6, 6.07) is 3.16. The number of carbonyl (C=O) groups excluding carboxylic acids is 3. The van der Waals surface area contributed by atoms with Gasteiger partial charge in [0.05, 0.1) is 28.3 Å². The Bertz CT molecular complexity index is 1050. The first-order valence-corrected chi connectivity index (χ1v) is 10.3. The lowest BCUT2D eigenvalue weighted by Crippen LogP contribution is -2.18. The Morgan fingerprint density at radius 1 is 1.30 bits per heavy atom. The summed E-state index contributed by atoms with van der Waals surface area (Å²) in [5.41, 5.74) is 4.68. The molecule has 0 aliphatic heterocycles. The summed E-state index contributed by atoms with van der Waals surface area (Å²) in [6.45, 7) is 3.31. The second-order valence-electron chi connectivity index (χ2n) is 6.29. The summed E-state index contributed by atoms with van der Waals surface area (Å²) in [4.78, 5) is 40.6. The van der Waals surface area contributed by atoms with Gasteiger partial charge in [0.1, 0.15) is 5.00 Å². The molecule has 2 N–H and O–H groups in total. The summed E-state index contributed by atoms with van der Waals surface area (Å²) in [5.74, 6) is -1.15. The number of thiophene rings is 1. The number of allylic oxidation sites excluding steroid dienone is 1. The van der Waals surface area contributed by atoms with Gasteiger partial charge in [-0.3, -0.25) is 14.6 Å². The molecule has 0 spiro atoms. The van der Waals surface area contributed by atoms with Gasteiger partial charge in [0, 0.05) is 24.9 Å². The van der Waals surface area contributed by atoms with Crippen LogP contribution in [0.3, 0.4) is 0 Å². The van der Waals surface area contributed by atoms with E-state index >= 15 is 0 Å². The number of pyridine rings is 1. The predicted molar refractivity (Wildman–Crippen MR) is 116 cm³/mol. The Morgan fingerprint density at radius 3 is 2.70 bits per heavy atom. The average Bonchev–Trinajstić information content (AvgIpc) is 3.08. The van der Waals surface area contributed by atoms with Crippen LogP contribution in [0.4, 0.5) is 5.00 Å². The van der Waals surface area contributed by atoms with E-state index in [2.05, 4.69) is 20.8 Å². The highest BCUT2D eigenvalue weighted by Crippen LogP contribution is 2.44. The standard InChI is InChI=1S/C20H19ClN4O4S/c1-3-29-20(28)15-14-5-4-13(16(21)17(14)30-19(15)24-11(2)26)10-23-25-18(27)12-6-8-22-9-7-12/h6-10H,3-5H2,1-2H3,(H,24,26)(H,25,27)/b23-10-. The second kappa shape index (κ2) is 9.64. The number of amides is 2. The summed E-state index contributed by atoms with van der Waals surface area (Å²) in [7, 11) is 0. The van der Waals surface area contributed by atoms with Crippen molar-refractivity contribution in [3.63, 3.8) is 0 Å². The minimum Gasteiger partial charge on any atom is -0.462 e. The van der Waals surface area contributed by atoms with Crippen molar-refractivity contribution in [1.29, 1.82) is 0 Å². The van der Waals surface area contributed by atoms with E-state index in [1.54, 1.807) is 19.1 Å². The van der Waals surface area contributed by atoms with E-state index in [-0.39, 0.29) is 18.4 Å². The zero-order valence-electron chi connectivity index (χ0n) is 16.3. The Hall–Kier alpha value is -3.04. The third-order valence-corrected chi connectivity index (χ3v) is 5.94. The lowest BCUT2D eigenvalue weighted by molar-refractivity contribution is -0.114. The lowest BCUT2D eigenvalue weighted by Gasteiger charge is -2.15. The highest BCUT2D eigenvalue weighted by molar-refractivity contribution is 7.18. The van der Waals surface area contributed by atoms with E-state index < -0.39 is 5.97 Å². The van der Waals surface area contributed by atoms with E-state index in [9.17, 15) is 14.4 Å². The van der Waals surface area contributed by atoms with E-state index in [0.717, 1.165) is 5.56 Å². The zero-order chi connectivity index (χ0) is 21.7. The molecule has 2 aromatic heterocycles. The van der Waals surface area contributed by atoms with Crippen LogP contribution in [0.15, 0.2) is 35.2 Å². The SMILES string of the molecule is CCOC(=O)c1c(NC(C)=O)sc2c1CCC(/C=N\NC(=O)c1ccncc1)=C2Cl. The van der Waals surface area contributed by atoms with Gasteiger partial charge < -0.3 is 10.1 Å². The van der Waals surface area contributed by atoms with Crippen molar-refractivity contribution >= 4 is 57.0 Å². The third-order valence-electron chi connectivity index (χ3n) is 4.23. The molecule has 156 valence electrons. The van der Waals surface area contributed by atoms with Crippen LogP contribution in [0.25, 0.3) is 5.03 Å². The molecule has 2 aromatic rings. The molecule has 0 aromatic carbocycles. The normalized spacial score (nSPS) is 13.2. The number of aromatic nitrogens is 1. The smallest absolute Gasteiger partial charge is 0.341 e.